The fraction of sp³-hybridized carbons (Fsp3) is 0.269. The molecule has 0 spiro atoms. The van der Waals surface area contributed by atoms with Crippen LogP contribution in [-0.2, 0) is 14.8 Å². The van der Waals surface area contributed by atoms with Crippen molar-refractivity contribution in [3.8, 4) is 0 Å². The van der Waals surface area contributed by atoms with Gasteiger partial charge < -0.3 is 5.32 Å². The smallest absolute Gasteiger partial charge is 0.243 e. The number of rotatable bonds is 10. The summed E-state index contributed by atoms with van der Waals surface area (Å²) in [6, 6.07) is 25.6. The van der Waals surface area contributed by atoms with Gasteiger partial charge in [0.25, 0.3) is 0 Å². The van der Waals surface area contributed by atoms with Crippen LogP contribution in [0.15, 0.2) is 89.8 Å². The Kier molecular flexibility index (Phi) is 8.20. The third-order valence-corrected chi connectivity index (χ3v) is 7.15. The van der Waals surface area contributed by atoms with E-state index in [0.717, 1.165) is 24.0 Å². The molecule has 0 bridgehead atoms. The topological polar surface area (TPSA) is 66.5 Å². The van der Waals surface area contributed by atoms with E-state index in [9.17, 15) is 13.2 Å². The van der Waals surface area contributed by atoms with Crippen LogP contribution < -0.4 is 5.32 Å². The number of carbonyl (C=O) groups excluding carboxylic acids is 1. The fourth-order valence-corrected chi connectivity index (χ4v) is 5.33. The molecule has 0 unspecified atom stereocenters. The lowest BCUT2D eigenvalue weighted by Crippen LogP contribution is -2.32. The average molecular weight is 451 g/mol. The summed E-state index contributed by atoms with van der Waals surface area (Å²) in [7, 11) is -3.55. The maximum absolute atomic E-state index is 13.2. The van der Waals surface area contributed by atoms with Gasteiger partial charge in [-0.15, -0.1) is 0 Å². The molecule has 32 heavy (non-hydrogen) atoms. The van der Waals surface area contributed by atoms with Gasteiger partial charge in [0, 0.05) is 18.8 Å². The van der Waals surface area contributed by atoms with Crippen molar-refractivity contribution in [2.45, 2.75) is 37.5 Å². The molecule has 6 heteroatoms. The molecule has 0 saturated carbocycles. The van der Waals surface area contributed by atoms with Crippen LogP contribution in [0.2, 0.25) is 0 Å². The zero-order valence-corrected chi connectivity index (χ0v) is 19.4. The van der Waals surface area contributed by atoms with E-state index in [1.807, 2.05) is 74.5 Å². The molecule has 0 aromatic heterocycles. The Hall–Kier alpha value is -2.96. The highest BCUT2D eigenvalue weighted by molar-refractivity contribution is 7.89. The predicted molar refractivity (Wildman–Crippen MR) is 129 cm³/mol. The Morgan fingerprint density at radius 2 is 1.25 bits per heavy atom. The molecule has 0 atom stereocenters. The quantitative estimate of drug-likeness (QED) is 0.458. The number of nitrogens with zero attached hydrogens (tertiary/aromatic N) is 1. The van der Waals surface area contributed by atoms with E-state index in [2.05, 4.69) is 5.32 Å². The molecule has 0 aliphatic heterocycles. The summed E-state index contributed by atoms with van der Waals surface area (Å²) in [4.78, 5) is 13.5. The molecule has 0 heterocycles. The molecular weight excluding hydrogens is 420 g/mol. The van der Waals surface area contributed by atoms with E-state index >= 15 is 0 Å². The second-order valence-electron chi connectivity index (χ2n) is 7.67. The number of anilines is 1. The van der Waals surface area contributed by atoms with Gasteiger partial charge in [0.1, 0.15) is 0 Å². The average Bonchev–Trinajstić information content (AvgIpc) is 2.81. The van der Waals surface area contributed by atoms with Gasteiger partial charge in [-0.1, -0.05) is 74.5 Å². The molecule has 5 nitrogen and oxygen atoms in total. The summed E-state index contributed by atoms with van der Waals surface area (Å²) < 4.78 is 27.4. The van der Waals surface area contributed by atoms with Crippen LogP contribution in [0.5, 0.6) is 0 Å². The molecule has 0 aliphatic carbocycles. The first-order valence-corrected chi connectivity index (χ1v) is 12.4. The van der Waals surface area contributed by atoms with E-state index < -0.39 is 15.9 Å². The number of nitrogens with one attached hydrogen (secondary N) is 1. The van der Waals surface area contributed by atoms with Crippen LogP contribution >= 0.6 is 0 Å². The first kappa shape index (κ1) is 23.7. The van der Waals surface area contributed by atoms with E-state index in [0.29, 0.717) is 18.8 Å². The lowest BCUT2D eigenvalue weighted by Gasteiger charge is -2.21. The van der Waals surface area contributed by atoms with Gasteiger partial charge in [0.2, 0.25) is 15.9 Å². The number of amides is 1. The summed E-state index contributed by atoms with van der Waals surface area (Å²) in [5.41, 5.74) is 2.35. The second kappa shape index (κ2) is 11.1. The third kappa shape index (κ3) is 5.64. The number of carbonyl (C=O) groups is 1. The van der Waals surface area contributed by atoms with Crippen molar-refractivity contribution in [2.75, 3.05) is 18.4 Å². The van der Waals surface area contributed by atoms with Crippen molar-refractivity contribution in [3.05, 3.63) is 96.1 Å². The van der Waals surface area contributed by atoms with Gasteiger partial charge in [-0.25, -0.2) is 8.42 Å². The Labute approximate surface area is 191 Å². The number of hydrogen-bond acceptors (Lipinski definition) is 3. The maximum atomic E-state index is 13.2. The summed E-state index contributed by atoms with van der Waals surface area (Å²) >= 11 is 0. The standard InChI is InChI=1S/C26H30N2O3S/c1-3-19-28(20-4-2)32(30,31)24-17-15-23(16-18-24)27-26(29)25(21-11-7-5-8-12-21)22-13-9-6-10-14-22/h5-18,25H,3-4,19-20H2,1-2H3,(H,27,29). The molecule has 1 amide bonds. The number of benzene rings is 3. The van der Waals surface area contributed by atoms with Crippen LogP contribution in [0.4, 0.5) is 5.69 Å². The SMILES string of the molecule is CCCN(CCC)S(=O)(=O)c1ccc(NC(=O)C(c2ccccc2)c2ccccc2)cc1. The minimum atomic E-state index is -3.55. The minimum Gasteiger partial charge on any atom is -0.325 e. The summed E-state index contributed by atoms with van der Waals surface area (Å²) in [6.45, 7) is 4.91. The maximum Gasteiger partial charge on any atom is 0.243 e. The van der Waals surface area contributed by atoms with Gasteiger partial charge in [-0.3, -0.25) is 4.79 Å². The largest absolute Gasteiger partial charge is 0.325 e. The fourth-order valence-electron chi connectivity index (χ4n) is 3.71. The number of sulfonamides is 1. The van der Waals surface area contributed by atoms with E-state index in [4.69, 9.17) is 0 Å². The van der Waals surface area contributed by atoms with Crippen LogP contribution in [-0.4, -0.2) is 31.7 Å². The van der Waals surface area contributed by atoms with Crippen LogP contribution in [0.3, 0.4) is 0 Å². The second-order valence-corrected chi connectivity index (χ2v) is 9.61. The highest BCUT2D eigenvalue weighted by Crippen LogP contribution is 2.27. The summed E-state index contributed by atoms with van der Waals surface area (Å²) in [5, 5.41) is 2.95. The van der Waals surface area contributed by atoms with E-state index in [-0.39, 0.29) is 10.8 Å². The van der Waals surface area contributed by atoms with Crippen molar-refractivity contribution >= 4 is 21.6 Å². The van der Waals surface area contributed by atoms with Crippen LogP contribution in [0.25, 0.3) is 0 Å². The zero-order chi connectivity index (χ0) is 23.0. The normalized spacial score (nSPS) is 11.6. The third-order valence-electron chi connectivity index (χ3n) is 5.23. The van der Waals surface area contributed by atoms with Crippen molar-refractivity contribution in [1.29, 1.82) is 0 Å². The Morgan fingerprint density at radius 3 is 1.69 bits per heavy atom. The monoisotopic (exact) mass is 450 g/mol. The van der Waals surface area contributed by atoms with Gasteiger partial charge in [0.15, 0.2) is 0 Å². The number of hydrogen-bond donors (Lipinski definition) is 1. The van der Waals surface area contributed by atoms with Crippen molar-refractivity contribution in [1.82, 2.24) is 4.31 Å². The molecule has 0 radical (unpaired) electrons. The highest BCUT2D eigenvalue weighted by atomic mass is 32.2. The van der Waals surface area contributed by atoms with Crippen molar-refractivity contribution in [2.24, 2.45) is 0 Å². The molecule has 3 aromatic carbocycles. The molecule has 0 saturated heterocycles. The lowest BCUT2D eigenvalue weighted by atomic mass is 9.90. The van der Waals surface area contributed by atoms with Crippen molar-refractivity contribution in [3.63, 3.8) is 0 Å². The Bertz CT molecular complexity index is 1050. The first-order chi connectivity index (χ1) is 15.5. The molecule has 0 aliphatic rings. The molecule has 3 aromatic rings. The van der Waals surface area contributed by atoms with E-state index in [1.54, 1.807) is 24.3 Å². The van der Waals surface area contributed by atoms with Gasteiger partial charge in [-0.05, 0) is 48.2 Å². The lowest BCUT2D eigenvalue weighted by molar-refractivity contribution is -0.116. The van der Waals surface area contributed by atoms with Gasteiger partial charge >= 0.3 is 0 Å². The predicted octanol–water partition coefficient (Wildman–Crippen LogP) is 5.27. The van der Waals surface area contributed by atoms with Crippen LogP contribution in [0.1, 0.15) is 43.7 Å². The molecule has 1 N–H and O–H groups in total. The van der Waals surface area contributed by atoms with Gasteiger partial charge in [-0.2, -0.15) is 4.31 Å². The van der Waals surface area contributed by atoms with E-state index in [1.165, 1.54) is 4.31 Å². The van der Waals surface area contributed by atoms with Crippen LogP contribution in [0, 0.1) is 0 Å². The van der Waals surface area contributed by atoms with Gasteiger partial charge in [0.05, 0.1) is 10.8 Å². The zero-order valence-electron chi connectivity index (χ0n) is 18.6. The minimum absolute atomic E-state index is 0.170. The summed E-state index contributed by atoms with van der Waals surface area (Å²) in [6.07, 6.45) is 1.52. The Morgan fingerprint density at radius 1 is 0.781 bits per heavy atom. The molecular formula is C26H30N2O3S. The first-order valence-electron chi connectivity index (χ1n) is 11.0. The molecule has 168 valence electrons. The Balaban J connectivity index is 1.82. The molecule has 3 rings (SSSR count). The highest BCUT2D eigenvalue weighted by Gasteiger charge is 2.24. The van der Waals surface area contributed by atoms with Crippen molar-refractivity contribution < 1.29 is 13.2 Å². The summed E-state index contributed by atoms with van der Waals surface area (Å²) in [5.74, 6) is -0.637. The molecule has 0 fully saturated rings.